The second kappa shape index (κ2) is 6.35. The molecule has 0 saturated carbocycles. The summed E-state index contributed by atoms with van der Waals surface area (Å²) in [5.41, 5.74) is 0.759. The molecule has 21 heavy (non-hydrogen) atoms. The molecule has 2 heterocycles. The summed E-state index contributed by atoms with van der Waals surface area (Å²) in [6.45, 7) is 3.93. The van der Waals surface area contributed by atoms with Crippen LogP contribution in [0.2, 0.25) is 0 Å². The van der Waals surface area contributed by atoms with E-state index in [0.29, 0.717) is 18.3 Å². The molecule has 1 amide bonds. The molecular weight excluding hydrogens is 268 g/mol. The molecule has 2 aliphatic rings. The highest BCUT2D eigenvalue weighted by atomic mass is 16.7. The number of anilines is 1. The minimum Gasteiger partial charge on any atom is -0.454 e. The third-order valence-corrected chi connectivity index (χ3v) is 4.22. The maximum Gasteiger partial charge on any atom is 0.238 e. The third-order valence-electron chi connectivity index (χ3n) is 4.22. The lowest BCUT2D eigenvalue weighted by Gasteiger charge is -2.34. The van der Waals surface area contributed by atoms with Gasteiger partial charge >= 0.3 is 0 Å². The fourth-order valence-electron chi connectivity index (χ4n) is 3.09. The number of benzene rings is 1. The topological polar surface area (TPSA) is 50.8 Å². The van der Waals surface area contributed by atoms with Crippen LogP contribution in [0.25, 0.3) is 0 Å². The van der Waals surface area contributed by atoms with Gasteiger partial charge in [-0.15, -0.1) is 0 Å². The van der Waals surface area contributed by atoms with Gasteiger partial charge in [-0.25, -0.2) is 0 Å². The molecule has 3 rings (SSSR count). The lowest BCUT2D eigenvalue weighted by molar-refractivity contribution is -0.118. The maximum atomic E-state index is 12.2. The van der Waals surface area contributed by atoms with E-state index < -0.39 is 0 Å². The summed E-state index contributed by atoms with van der Waals surface area (Å²) in [4.78, 5) is 14.5. The number of fused-ring (bicyclic) bond motifs is 1. The predicted molar refractivity (Wildman–Crippen MR) is 80.7 cm³/mol. The summed E-state index contributed by atoms with van der Waals surface area (Å²) in [5.74, 6) is 1.46. The maximum absolute atomic E-state index is 12.2. The van der Waals surface area contributed by atoms with E-state index in [-0.39, 0.29) is 12.7 Å². The van der Waals surface area contributed by atoms with E-state index in [4.69, 9.17) is 9.47 Å². The van der Waals surface area contributed by atoms with E-state index >= 15 is 0 Å². The summed E-state index contributed by atoms with van der Waals surface area (Å²) in [5, 5.41) is 2.95. The molecule has 1 aromatic rings. The van der Waals surface area contributed by atoms with Gasteiger partial charge in [0.2, 0.25) is 12.7 Å². The fraction of sp³-hybridized carbons (Fsp3) is 0.562. The largest absolute Gasteiger partial charge is 0.454 e. The number of likely N-dealkylation sites (tertiary alicyclic amines) is 1. The standard InChI is InChI=1S/C16H22N2O3/c1-2-13-5-3-4-8-18(13)10-16(19)17-12-6-7-14-15(9-12)21-11-20-14/h6-7,9,13H,2-5,8,10-11H2,1H3,(H,17,19). The zero-order valence-electron chi connectivity index (χ0n) is 12.4. The molecule has 0 spiro atoms. The molecular formula is C16H22N2O3. The Bertz CT molecular complexity index is 518. The van der Waals surface area contributed by atoms with Crippen LogP contribution in [0.3, 0.4) is 0 Å². The van der Waals surface area contributed by atoms with E-state index in [2.05, 4.69) is 17.1 Å². The Morgan fingerprint density at radius 3 is 3.05 bits per heavy atom. The molecule has 1 aromatic carbocycles. The van der Waals surface area contributed by atoms with Crippen LogP contribution in [0.5, 0.6) is 11.5 Å². The second-order valence-electron chi connectivity index (χ2n) is 5.64. The molecule has 5 heteroatoms. The number of amides is 1. The first kappa shape index (κ1) is 14.2. The lowest BCUT2D eigenvalue weighted by atomic mass is 10.00. The molecule has 1 fully saturated rings. The Morgan fingerprint density at radius 1 is 1.33 bits per heavy atom. The van der Waals surface area contributed by atoms with Gasteiger partial charge < -0.3 is 14.8 Å². The van der Waals surface area contributed by atoms with Gasteiger partial charge in [0.05, 0.1) is 6.54 Å². The van der Waals surface area contributed by atoms with Crippen LogP contribution in [0.4, 0.5) is 5.69 Å². The number of ether oxygens (including phenoxy) is 2. The van der Waals surface area contributed by atoms with Crippen molar-refractivity contribution in [2.24, 2.45) is 0 Å². The second-order valence-corrected chi connectivity index (χ2v) is 5.64. The summed E-state index contributed by atoms with van der Waals surface area (Å²) in [6, 6.07) is 6.03. The highest BCUT2D eigenvalue weighted by Crippen LogP contribution is 2.34. The zero-order valence-corrected chi connectivity index (χ0v) is 12.4. The van der Waals surface area contributed by atoms with Crippen LogP contribution in [-0.2, 0) is 4.79 Å². The van der Waals surface area contributed by atoms with Crippen molar-refractivity contribution in [3.05, 3.63) is 18.2 Å². The van der Waals surface area contributed by atoms with Crippen LogP contribution < -0.4 is 14.8 Å². The summed E-state index contributed by atoms with van der Waals surface area (Å²) < 4.78 is 10.6. The van der Waals surface area contributed by atoms with Crippen LogP contribution >= 0.6 is 0 Å². The number of hydrogen-bond acceptors (Lipinski definition) is 4. The SMILES string of the molecule is CCC1CCCCN1CC(=O)Nc1ccc2c(c1)OCO2. The molecule has 5 nitrogen and oxygen atoms in total. The molecule has 114 valence electrons. The molecule has 0 aromatic heterocycles. The Hall–Kier alpha value is -1.75. The molecule has 0 bridgehead atoms. The Morgan fingerprint density at radius 2 is 2.19 bits per heavy atom. The molecule has 0 aliphatic carbocycles. The Balaban J connectivity index is 1.58. The first-order valence-corrected chi connectivity index (χ1v) is 7.70. The van der Waals surface area contributed by atoms with Crippen LogP contribution in [0.15, 0.2) is 18.2 Å². The van der Waals surface area contributed by atoms with Gasteiger partial charge in [-0.05, 0) is 37.9 Å². The Kier molecular flexibility index (Phi) is 4.29. The number of hydrogen-bond donors (Lipinski definition) is 1. The van der Waals surface area contributed by atoms with Crippen molar-refractivity contribution in [1.29, 1.82) is 0 Å². The predicted octanol–water partition coefficient (Wildman–Crippen LogP) is 2.62. The number of nitrogens with zero attached hydrogens (tertiary/aromatic N) is 1. The zero-order chi connectivity index (χ0) is 14.7. The first-order chi connectivity index (χ1) is 10.3. The van der Waals surface area contributed by atoms with Crippen molar-refractivity contribution >= 4 is 11.6 Å². The van der Waals surface area contributed by atoms with Gasteiger partial charge in [0.15, 0.2) is 11.5 Å². The molecule has 1 saturated heterocycles. The van der Waals surface area contributed by atoms with Crippen molar-refractivity contribution in [2.45, 2.75) is 38.6 Å². The normalized spacial score (nSPS) is 21.3. The van der Waals surface area contributed by atoms with E-state index in [9.17, 15) is 4.79 Å². The summed E-state index contributed by atoms with van der Waals surface area (Å²) in [7, 11) is 0. The van der Waals surface area contributed by atoms with E-state index in [1.165, 1.54) is 19.3 Å². The van der Waals surface area contributed by atoms with Crippen LogP contribution in [-0.4, -0.2) is 36.7 Å². The smallest absolute Gasteiger partial charge is 0.238 e. The highest BCUT2D eigenvalue weighted by Gasteiger charge is 2.23. The van der Waals surface area contributed by atoms with Gasteiger partial charge in [0.1, 0.15) is 0 Å². The molecule has 1 atom stereocenters. The third kappa shape index (κ3) is 3.29. The number of carbonyl (C=O) groups is 1. The highest BCUT2D eigenvalue weighted by molar-refractivity contribution is 5.92. The van der Waals surface area contributed by atoms with Crippen LogP contribution in [0.1, 0.15) is 32.6 Å². The van der Waals surface area contributed by atoms with Gasteiger partial charge in [0, 0.05) is 17.8 Å². The van der Waals surface area contributed by atoms with Gasteiger partial charge in [-0.3, -0.25) is 9.69 Å². The van der Waals surface area contributed by atoms with E-state index in [1.54, 1.807) is 0 Å². The molecule has 0 radical (unpaired) electrons. The fourth-order valence-corrected chi connectivity index (χ4v) is 3.09. The monoisotopic (exact) mass is 290 g/mol. The number of rotatable bonds is 4. The minimum absolute atomic E-state index is 0.0363. The van der Waals surface area contributed by atoms with E-state index in [0.717, 1.165) is 24.4 Å². The average Bonchev–Trinajstić information content (AvgIpc) is 2.95. The van der Waals surface area contributed by atoms with E-state index in [1.807, 2.05) is 18.2 Å². The van der Waals surface area contributed by atoms with Gasteiger partial charge in [-0.1, -0.05) is 13.3 Å². The van der Waals surface area contributed by atoms with Crippen molar-refractivity contribution < 1.29 is 14.3 Å². The van der Waals surface area contributed by atoms with Gasteiger partial charge in [0.25, 0.3) is 0 Å². The number of carbonyl (C=O) groups excluding carboxylic acids is 1. The quantitative estimate of drug-likeness (QED) is 0.926. The number of piperidine rings is 1. The Labute approximate surface area is 125 Å². The summed E-state index contributed by atoms with van der Waals surface area (Å²) in [6.07, 6.45) is 4.78. The molecule has 1 N–H and O–H groups in total. The van der Waals surface area contributed by atoms with Crippen LogP contribution in [0, 0.1) is 0 Å². The summed E-state index contributed by atoms with van der Waals surface area (Å²) >= 11 is 0. The van der Waals surface area contributed by atoms with Crippen molar-refractivity contribution in [3.8, 4) is 11.5 Å². The van der Waals surface area contributed by atoms with Gasteiger partial charge in [-0.2, -0.15) is 0 Å². The van der Waals surface area contributed by atoms with Crippen molar-refractivity contribution in [1.82, 2.24) is 4.90 Å². The molecule has 1 unspecified atom stereocenters. The first-order valence-electron chi connectivity index (χ1n) is 7.70. The van der Waals surface area contributed by atoms with Crippen molar-refractivity contribution in [3.63, 3.8) is 0 Å². The number of nitrogens with one attached hydrogen (secondary N) is 1. The average molecular weight is 290 g/mol. The minimum atomic E-state index is 0.0363. The van der Waals surface area contributed by atoms with Crippen molar-refractivity contribution in [2.75, 3.05) is 25.2 Å². The lowest BCUT2D eigenvalue weighted by Crippen LogP contribution is -2.43. The molecule has 2 aliphatic heterocycles.